The lowest BCUT2D eigenvalue weighted by atomic mass is 9.87. The van der Waals surface area contributed by atoms with Crippen LogP contribution < -0.4 is 4.74 Å². The predicted octanol–water partition coefficient (Wildman–Crippen LogP) is 3.42. The molecular formula is C28H35N3O3. The number of likely N-dealkylation sites (N-methyl/N-ethyl adjacent to an activating group) is 1. The van der Waals surface area contributed by atoms with Gasteiger partial charge in [-0.25, -0.2) is 0 Å². The van der Waals surface area contributed by atoms with E-state index in [1.165, 1.54) is 11.1 Å². The highest BCUT2D eigenvalue weighted by Crippen LogP contribution is 2.41. The molecule has 0 N–H and O–H groups in total. The summed E-state index contributed by atoms with van der Waals surface area (Å²) in [5.74, 6) is 1.16. The van der Waals surface area contributed by atoms with E-state index in [0.717, 1.165) is 63.1 Å². The molecule has 6 nitrogen and oxygen atoms in total. The van der Waals surface area contributed by atoms with Crippen LogP contribution in [0.15, 0.2) is 42.5 Å². The van der Waals surface area contributed by atoms with E-state index in [1.54, 1.807) is 0 Å². The van der Waals surface area contributed by atoms with Crippen molar-refractivity contribution in [1.82, 2.24) is 14.7 Å². The lowest BCUT2D eigenvalue weighted by Crippen LogP contribution is -2.50. The second-order valence-corrected chi connectivity index (χ2v) is 10.1. The molecule has 1 saturated heterocycles. The van der Waals surface area contributed by atoms with Crippen LogP contribution in [0.2, 0.25) is 0 Å². The Morgan fingerprint density at radius 2 is 1.68 bits per heavy atom. The van der Waals surface area contributed by atoms with Gasteiger partial charge in [0.05, 0.1) is 6.04 Å². The molecule has 2 heterocycles. The van der Waals surface area contributed by atoms with Crippen LogP contribution in [0.3, 0.4) is 0 Å². The lowest BCUT2D eigenvalue weighted by molar-refractivity contribution is -0.139. The maximum atomic E-state index is 13.2. The molecule has 2 aromatic rings. The monoisotopic (exact) mass is 461 g/mol. The van der Waals surface area contributed by atoms with Crippen molar-refractivity contribution in [2.24, 2.45) is 5.92 Å². The number of fused-ring (bicyclic) bond motifs is 1. The Morgan fingerprint density at radius 1 is 0.971 bits per heavy atom. The normalized spacial score (nSPS) is 21.7. The second kappa shape index (κ2) is 9.41. The summed E-state index contributed by atoms with van der Waals surface area (Å²) in [4.78, 5) is 32.4. The minimum atomic E-state index is -0.549. The maximum absolute atomic E-state index is 13.2. The molecule has 2 amide bonds. The van der Waals surface area contributed by atoms with E-state index < -0.39 is 6.10 Å². The zero-order chi connectivity index (χ0) is 23.8. The summed E-state index contributed by atoms with van der Waals surface area (Å²) >= 11 is 0. The second-order valence-electron chi connectivity index (χ2n) is 10.1. The van der Waals surface area contributed by atoms with Gasteiger partial charge in [0.2, 0.25) is 5.91 Å². The topological polar surface area (TPSA) is 53.1 Å². The number of hydrogen-bond acceptors (Lipinski definition) is 4. The summed E-state index contributed by atoms with van der Waals surface area (Å²) in [6, 6.07) is 14.5. The van der Waals surface area contributed by atoms with Gasteiger partial charge in [0, 0.05) is 38.6 Å². The minimum absolute atomic E-state index is 0.0337. The number of piperazine rings is 1. The van der Waals surface area contributed by atoms with Crippen LogP contribution in [-0.4, -0.2) is 72.4 Å². The van der Waals surface area contributed by atoms with Crippen molar-refractivity contribution < 1.29 is 14.3 Å². The Kier molecular flexibility index (Phi) is 6.34. The largest absolute Gasteiger partial charge is 0.481 e. The molecule has 1 saturated carbocycles. The highest BCUT2D eigenvalue weighted by Gasteiger charge is 2.39. The number of hydrogen-bond donors (Lipinski definition) is 0. The summed E-state index contributed by atoms with van der Waals surface area (Å²) in [6.45, 7) is 7.90. The highest BCUT2D eigenvalue weighted by atomic mass is 16.5. The fraction of sp³-hybridized carbons (Fsp3) is 0.500. The molecule has 3 aliphatic rings. The van der Waals surface area contributed by atoms with Gasteiger partial charge in [-0.3, -0.25) is 9.59 Å². The molecule has 5 rings (SSSR count). The average Bonchev–Trinajstić information content (AvgIpc) is 3.69. The number of carbonyl (C=O) groups is 2. The van der Waals surface area contributed by atoms with Gasteiger partial charge >= 0.3 is 0 Å². The first kappa shape index (κ1) is 22.9. The fourth-order valence-corrected chi connectivity index (χ4v) is 5.12. The molecule has 0 spiro atoms. The lowest BCUT2D eigenvalue weighted by Gasteiger charge is -2.38. The molecule has 2 fully saturated rings. The van der Waals surface area contributed by atoms with Gasteiger partial charge in [-0.2, -0.15) is 0 Å². The number of amides is 2. The minimum Gasteiger partial charge on any atom is -0.481 e. The predicted molar refractivity (Wildman–Crippen MR) is 132 cm³/mol. The van der Waals surface area contributed by atoms with E-state index in [9.17, 15) is 9.59 Å². The van der Waals surface area contributed by atoms with Gasteiger partial charge < -0.3 is 19.4 Å². The molecule has 34 heavy (non-hydrogen) atoms. The smallest absolute Gasteiger partial charge is 0.263 e. The molecule has 0 bridgehead atoms. The molecule has 6 heteroatoms. The van der Waals surface area contributed by atoms with Crippen LogP contribution >= 0.6 is 0 Å². The molecule has 2 aromatic carbocycles. The zero-order valence-corrected chi connectivity index (χ0v) is 20.5. The molecule has 0 aromatic heterocycles. The van der Waals surface area contributed by atoms with Crippen molar-refractivity contribution >= 4 is 11.8 Å². The molecule has 0 radical (unpaired) electrons. The Bertz CT molecular complexity index is 1060. The van der Waals surface area contributed by atoms with Gasteiger partial charge in [0.15, 0.2) is 6.10 Å². The van der Waals surface area contributed by atoms with E-state index in [0.29, 0.717) is 5.75 Å². The number of nitrogens with zero attached hydrogens (tertiary/aromatic N) is 3. The van der Waals surface area contributed by atoms with Crippen molar-refractivity contribution in [2.45, 2.75) is 45.3 Å². The summed E-state index contributed by atoms with van der Waals surface area (Å²) in [7, 11) is 2.08. The van der Waals surface area contributed by atoms with Crippen molar-refractivity contribution in [2.75, 3.05) is 39.8 Å². The number of aryl methyl sites for hydroxylation is 1. The standard InChI is InChI=1S/C28H35N3O3/c1-19-4-6-22(7-5-19)26-25-18-24(34-20(2)27(32)30-16-14-29(3)15-17-30)11-10-21(25)12-13-31(26)28(33)23-8-9-23/h4-7,10-11,18,20,23,26H,8-9,12-17H2,1-3H3. The summed E-state index contributed by atoms with van der Waals surface area (Å²) in [5, 5.41) is 0. The Morgan fingerprint density at radius 3 is 2.35 bits per heavy atom. The van der Waals surface area contributed by atoms with Crippen LogP contribution in [0.5, 0.6) is 5.75 Å². The third kappa shape index (κ3) is 4.69. The summed E-state index contributed by atoms with van der Waals surface area (Å²) < 4.78 is 6.17. The van der Waals surface area contributed by atoms with Gasteiger partial charge in [-0.1, -0.05) is 35.9 Å². The number of ether oxygens (including phenoxy) is 1. The van der Waals surface area contributed by atoms with Crippen LogP contribution in [0.25, 0.3) is 0 Å². The first-order valence-corrected chi connectivity index (χ1v) is 12.5. The van der Waals surface area contributed by atoms with Crippen molar-refractivity contribution in [3.63, 3.8) is 0 Å². The highest BCUT2D eigenvalue weighted by molar-refractivity contribution is 5.82. The molecule has 1 aliphatic carbocycles. The molecule has 2 aliphatic heterocycles. The van der Waals surface area contributed by atoms with Crippen LogP contribution in [0, 0.1) is 12.8 Å². The number of carbonyl (C=O) groups excluding carboxylic acids is 2. The number of benzene rings is 2. The fourth-order valence-electron chi connectivity index (χ4n) is 5.12. The van der Waals surface area contributed by atoms with E-state index in [1.807, 2.05) is 17.9 Å². The SMILES string of the molecule is Cc1ccc(C2c3cc(OC(C)C(=O)N4CCN(C)CC4)ccc3CCN2C(=O)C2CC2)cc1. The zero-order valence-electron chi connectivity index (χ0n) is 20.5. The molecule has 2 atom stereocenters. The van der Waals surface area contributed by atoms with Crippen molar-refractivity contribution in [3.05, 3.63) is 64.7 Å². The average molecular weight is 462 g/mol. The van der Waals surface area contributed by atoms with Crippen molar-refractivity contribution in [3.8, 4) is 5.75 Å². The van der Waals surface area contributed by atoms with Crippen LogP contribution in [0.4, 0.5) is 0 Å². The van der Waals surface area contributed by atoms with Gasteiger partial charge in [0.1, 0.15) is 5.75 Å². The first-order valence-electron chi connectivity index (χ1n) is 12.5. The van der Waals surface area contributed by atoms with Gasteiger partial charge in [0.25, 0.3) is 5.91 Å². The van der Waals surface area contributed by atoms with Crippen molar-refractivity contribution in [1.29, 1.82) is 0 Å². The van der Waals surface area contributed by atoms with E-state index in [4.69, 9.17) is 4.74 Å². The van der Waals surface area contributed by atoms with Crippen LogP contribution in [0.1, 0.15) is 48.1 Å². The summed E-state index contributed by atoms with van der Waals surface area (Å²) in [6.07, 6.45) is 2.29. The molecular weight excluding hydrogens is 426 g/mol. The molecule has 2 unspecified atom stereocenters. The van der Waals surface area contributed by atoms with Gasteiger partial charge in [-0.15, -0.1) is 0 Å². The van der Waals surface area contributed by atoms with Gasteiger partial charge in [-0.05, 0) is 69.0 Å². The van der Waals surface area contributed by atoms with E-state index in [2.05, 4.69) is 60.2 Å². The Balaban J connectivity index is 1.41. The quantitative estimate of drug-likeness (QED) is 0.685. The summed E-state index contributed by atoms with van der Waals surface area (Å²) in [5.41, 5.74) is 4.68. The maximum Gasteiger partial charge on any atom is 0.263 e. The number of rotatable bonds is 5. The molecule has 180 valence electrons. The van der Waals surface area contributed by atoms with E-state index >= 15 is 0 Å². The first-order chi connectivity index (χ1) is 16.4. The third-order valence-corrected chi connectivity index (χ3v) is 7.42. The Hall–Kier alpha value is -2.86. The Labute approximate surface area is 202 Å². The van der Waals surface area contributed by atoms with Crippen LogP contribution in [-0.2, 0) is 16.0 Å². The van der Waals surface area contributed by atoms with E-state index in [-0.39, 0.29) is 23.8 Å². The third-order valence-electron chi connectivity index (χ3n) is 7.42.